The molecule has 3 rings (SSSR count). The maximum Gasteiger partial charge on any atom is 0.226 e. The Hall–Kier alpha value is -1.73. The fourth-order valence-corrected chi connectivity index (χ4v) is 5.46. The van der Waals surface area contributed by atoms with Gasteiger partial charge in [-0.2, -0.15) is 0 Å². The summed E-state index contributed by atoms with van der Waals surface area (Å²) in [4.78, 5) is 18.1. The molecule has 1 atom stereocenters. The van der Waals surface area contributed by atoms with Gasteiger partial charge in [0, 0.05) is 11.3 Å². The van der Waals surface area contributed by atoms with Crippen LogP contribution in [0.5, 0.6) is 0 Å². The molecule has 1 heterocycles. The number of nitrogens with one attached hydrogen (secondary N) is 1. The van der Waals surface area contributed by atoms with Crippen LogP contribution in [0.25, 0.3) is 0 Å². The number of aryl methyl sites for hydroxylation is 1. The predicted molar refractivity (Wildman–Crippen MR) is 99.7 cm³/mol. The van der Waals surface area contributed by atoms with Gasteiger partial charge >= 0.3 is 0 Å². The zero-order valence-electron chi connectivity index (χ0n) is 14.2. The molecule has 0 bridgehead atoms. The summed E-state index contributed by atoms with van der Waals surface area (Å²) in [5, 5.41) is 3.45. The van der Waals surface area contributed by atoms with Gasteiger partial charge in [-0.1, -0.05) is 25.1 Å². The molecular formula is C18H22N2O3S2. The van der Waals surface area contributed by atoms with E-state index in [1.807, 2.05) is 0 Å². The minimum Gasteiger partial charge on any atom is -0.302 e. The van der Waals surface area contributed by atoms with E-state index in [1.54, 1.807) is 41.7 Å². The van der Waals surface area contributed by atoms with Crippen LogP contribution in [0.15, 0.2) is 35.2 Å². The van der Waals surface area contributed by atoms with Gasteiger partial charge in [0.1, 0.15) is 0 Å². The zero-order valence-corrected chi connectivity index (χ0v) is 15.8. The summed E-state index contributed by atoms with van der Waals surface area (Å²) in [5.41, 5.74) is 1.10. The largest absolute Gasteiger partial charge is 0.302 e. The average Bonchev–Trinajstić information content (AvgIpc) is 2.96. The number of aromatic nitrogens is 1. The summed E-state index contributed by atoms with van der Waals surface area (Å²) in [6.45, 7) is 2.23. The Morgan fingerprint density at radius 1 is 1.32 bits per heavy atom. The Morgan fingerprint density at radius 3 is 2.84 bits per heavy atom. The lowest BCUT2D eigenvalue weighted by atomic mass is 9.93. The average molecular weight is 379 g/mol. The standard InChI is InChI=1S/C18H22N2O3S2/c1-13-9-10-15-16(12-13)24-18(19-15)20-17(21)8-5-11-25(22,23)14-6-3-2-4-7-14/h2-4,6-7,13H,5,8-12H2,1H3,(H,19,20,21)/t13-/m0/s1. The van der Waals surface area contributed by atoms with Gasteiger partial charge in [-0.25, -0.2) is 13.4 Å². The monoisotopic (exact) mass is 378 g/mol. The van der Waals surface area contributed by atoms with Gasteiger partial charge in [0.15, 0.2) is 15.0 Å². The van der Waals surface area contributed by atoms with E-state index in [4.69, 9.17) is 0 Å². The van der Waals surface area contributed by atoms with Gasteiger partial charge in [0.2, 0.25) is 5.91 Å². The molecule has 5 nitrogen and oxygen atoms in total. The lowest BCUT2D eigenvalue weighted by Crippen LogP contribution is -2.14. The molecule has 1 aliphatic carbocycles. The van der Waals surface area contributed by atoms with Crippen molar-refractivity contribution in [2.45, 2.75) is 43.9 Å². The zero-order chi connectivity index (χ0) is 17.9. The van der Waals surface area contributed by atoms with E-state index in [9.17, 15) is 13.2 Å². The summed E-state index contributed by atoms with van der Waals surface area (Å²) in [7, 11) is -3.33. The highest BCUT2D eigenvalue weighted by atomic mass is 32.2. The van der Waals surface area contributed by atoms with Crippen molar-refractivity contribution in [2.75, 3.05) is 11.1 Å². The fraction of sp³-hybridized carbons (Fsp3) is 0.444. The topological polar surface area (TPSA) is 76.1 Å². The molecule has 1 N–H and O–H groups in total. The van der Waals surface area contributed by atoms with Crippen LogP contribution in [-0.2, 0) is 27.5 Å². The van der Waals surface area contributed by atoms with Gasteiger partial charge < -0.3 is 5.32 Å². The van der Waals surface area contributed by atoms with Crippen LogP contribution in [-0.4, -0.2) is 25.1 Å². The molecule has 0 radical (unpaired) electrons. The summed E-state index contributed by atoms with van der Waals surface area (Å²) < 4.78 is 24.4. The van der Waals surface area contributed by atoms with Crippen molar-refractivity contribution in [1.82, 2.24) is 4.98 Å². The lowest BCUT2D eigenvalue weighted by Gasteiger charge is -2.15. The van der Waals surface area contributed by atoms with Crippen LogP contribution in [0.4, 0.5) is 5.13 Å². The summed E-state index contributed by atoms with van der Waals surface area (Å²) in [6, 6.07) is 8.34. The third kappa shape index (κ3) is 4.67. The van der Waals surface area contributed by atoms with Crippen LogP contribution in [0.2, 0.25) is 0 Å². The number of nitrogens with zero attached hydrogens (tertiary/aromatic N) is 1. The molecule has 25 heavy (non-hydrogen) atoms. The number of anilines is 1. The van der Waals surface area contributed by atoms with E-state index >= 15 is 0 Å². The first-order valence-corrected chi connectivity index (χ1v) is 11.0. The molecule has 1 amide bonds. The molecule has 0 saturated carbocycles. The Kier molecular flexibility index (Phi) is 5.54. The number of carbonyl (C=O) groups is 1. The van der Waals surface area contributed by atoms with Crippen LogP contribution in [0, 0.1) is 5.92 Å². The molecule has 1 aromatic heterocycles. The van der Waals surface area contributed by atoms with Crippen LogP contribution >= 0.6 is 11.3 Å². The van der Waals surface area contributed by atoms with E-state index < -0.39 is 9.84 Å². The molecule has 0 unspecified atom stereocenters. The van der Waals surface area contributed by atoms with Crippen molar-refractivity contribution >= 4 is 32.2 Å². The smallest absolute Gasteiger partial charge is 0.226 e. The summed E-state index contributed by atoms with van der Waals surface area (Å²) >= 11 is 1.54. The minimum absolute atomic E-state index is 0.0314. The van der Waals surface area contributed by atoms with E-state index in [1.165, 1.54) is 4.88 Å². The second-order valence-corrected chi connectivity index (χ2v) is 9.71. The molecule has 0 saturated heterocycles. The molecule has 0 aliphatic heterocycles. The Morgan fingerprint density at radius 2 is 2.08 bits per heavy atom. The third-order valence-corrected chi connectivity index (χ3v) is 7.20. The number of benzene rings is 1. The molecular weight excluding hydrogens is 356 g/mol. The highest BCUT2D eigenvalue weighted by Gasteiger charge is 2.20. The van der Waals surface area contributed by atoms with Crippen LogP contribution in [0.1, 0.15) is 36.8 Å². The SMILES string of the molecule is C[C@H]1CCc2nc(NC(=O)CCCS(=O)(=O)c3ccccc3)sc2C1. The number of sulfone groups is 1. The molecule has 0 spiro atoms. The third-order valence-electron chi connectivity index (χ3n) is 4.35. The number of carbonyl (C=O) groups excluding carboxylic acids is 1. The maximum atomic E-state index is 12.2. The van der Waals surface area contributed by atoms with E-state index in [-0.39, 0.29) is 18.1 Å². The van der Waals surface area contributed by atoms with Gasteiger partial charge in [-0.3, -0.25) is 4.79 Å². The van der Waals surface area contributed by atoms with Gasteiger partial charge in [-0.05, 0) is 43.7 Å². The predicted octanol–water partition coefficient (Wildman–Crippen LogP) is 3.46. The number of amides is 1. The first kappa shape index (κ1) is 18.1. The van der Waals surface area contributed by atoms with Gasteiger partial charge in [0.05, 0.1) is 16.3 Å². The Bertz CT molecular complexity index is 844. The van der Waals surface area contributed by atoms with Crippen molar-refractivity contribution in [3.63, 3.8) is 0 Å². The van der Waals surface area contributed by atoms with Crippen molar-refractivity contribution in [3.8, 4) is 0 Å². The van der Waals surface area contributed by atoms with Crippen molar-refractivity contribution < 1.29 is 13.2 Å². The second kappa shape index (κ2) is 7.66. The molecule has 134 valence electrons. The molecule has 1 aromatic carbocycles. The van der Waals surface area contributed by atoms with Gasteiger partial charge in [0.25, 0.3) is 0 Å². The van der Waals surface area contributed by atoms with Crippen LogP contribution < -0.4 is 5.32 Å². The van der Waals surface area contributed by atoms with Crippen molar-refractivity contribution in [3.05, 3.63) is 40.9 Å². The normalized spacial score (nSPS) is 17.1. The molecule has 7 heteroatoms. The quantitative estimate of drug-likeness (QED) is 0.835. The second-order valence-electron chi connectivity index (χ2n) is 6.52. The highest BCUT2D eigenvalue weighted by molar-refractivity contribution is 7.91. The summed E-state index contributed by atoms with van der Waals surface area (Å²) in [6.07, 6.45) is 3.61. The minimum atomic E-state index is -3.33. The van der Waals surface area contributed by atoms with Gasteiger partial charge in [-0.15, -0.1) is 11.3 Å². The van der Waals surface area contributed by atoms with E-state index in [2.05, 4.69) is 17.2 Å². The highest BCUT2D eigenvalue weighted by Crippen LogP contribution is 2.32. The number of thiazole rings is 1. The van der Waals surface area contributed by atoms with E-state index in [0.29, 0.717) is 22.4 Å². The van der Waals surface area contributed by atoms with Crippen molar-refractivity contribution in [1.29, 1.82) is 0 Å². The van der Waals surface area contributed by atoms with Crippen molar-refractivity contribution in [2.24, 2.45) is 5.92 Å². The Labute approximate surface area is 152 Å². The molecule has 1 aliphatic rings. The molecule has 2 aromatic rings. The molecule has 0 fully saturated rings. The number of hydrogen-bond acceptors (Lipinski definition) is 5. The fourth-order valence-electron chi connectivity index (χ4n) is 2.94. The summed E-state index contributed by atoms with van der Waals surface area (Å²) in [5.74, 6) is 0.457. The first-order valence-electron chi connectivity index (χ1n) is 8.50. The maximum absolute atomic E-state index is 12.2. The number of fused-ring (bicyclic) bond motifs is 1. The lowest BCUT2D eigenvalue weighted by molar-refractivity contribution is -0.116. The number of rotatable bonds is 6. The Balaban J connectivity index is 1.50. The van der Waals surface area contributed by atoms with Crippen LogP contribution in [0.3, 0.4) is 0 Å². The first-order chi connectivity index (χ1) is 11.9. The number of hydrogen-bond donors (Lipinski definition) is 1. The van der Waals surface area contributed by atoms with E-state index in [0.717, 1.165) is 25.0 Å².